The molecule has 0 saturated carbocycles. The van der Waals surface area contributed by atoms with Gasteiger partial charge in [-0.25, -0.2) is 8.78 Å². The van der Waals surface area contributed by atoms with Crippen LogP contribution < -0.4 is 0 Å². The summed E-state index contributed by atoms with van der Waals surface area (Å²) in [6, 6.07) is 7.38. The molecule has 1 rings (SSSR count). The molecule has 1 aromatic rings. The normalized spacial score (nSPS) is 12.6. The Labute approximate surface area is 99.5 Å². The number of carbonyl (C=O) groups excluding carboxylic acids is 1. The number of aldehydes is 1. The van der Waals surface area contributed by atoms with E-state index in [2.05, 4.69) is 0 Å². The summed E-state index contributed by atoms with van der Waals surface area (Å²) in [5.74, 6) is -0.808. The Morgan fingerprint density at radius 1 is 1.29 bits per heavy atom. The fourth-order valence-electron chi connectivity index (χ4n) is 1.52. The highest BCUT2D eigenvalue weighted by Crippen LogP contribution is 2.19. The lowest BCUT2D eigenvalue weighted by atomic mass is 9.99. The van der Waals surface area contributed by atoms with Gasteiger partial charge in [0.1, 0.15) is 18.8 Å². The highest BCUT2D eigenvalue weighted by atomic mass is 19.2. The standard InChI is InChI=1S/C14H14F2O/c1-11(6-7-13(16)10-15)14-5-3-2-4-12(14)8-9-17/h2-7,9H,8,10H2,1H3/b11-6+,13-7+. The summed E-state index contributed by atoms with van der Waals surface area (Å²) in [4.78, 5) is 10.5. The average molecular weight is 236 g/mol. The van der Waals surface area contributed by atoms with E-state index in [1.165, 1.54) is 6.08 Å². The number of alkyl halides is 1. The lowest BCUT2D eigenvalue weighted by Gasteiger charge is -2.06. The van der Waals surface area contributed by atoms with Crippen LogP contribution in [0.4, 0.5) is 8.78 Å². The van der Waals surface area contributed by atoms with E-state index in [9.17, 15) is 13.6 Å². The second-order valence-electron chi connectivity index (χ2n) is 3.62. The van der Waals surface area contributed by atoms with E-state index in [1.54, 1.807) is 6.92 Å². The van der Waals surface area contributed by atoms with E-state index < -0.39 is 12.5 Å². The molecule has 0 fully saturated rings. The van der Waals surface area contributed by atoms with Gasteiger partial charge in [-0.2, -0.15) is 0 Å². The van der Waals surface area contributed by atoms with Crippen LogP contribution in [0.3, 0.4) is 0 Å². The van der Waals surface area contributed by atoms with Crippen LogP contribution in [0.15, 0.2) is 42.2 Å². The van der Waals surface area contributed by atoms with Gasteiger partial charge in [0, 0.05) is 6.42 Å². The van der Waals surface area contributed by atoms with E-state index in [-0.39, 0.29) is 0 Å². The number of hydrogen-bond acceptors (Lipinski definition) is 1. The topological polar surface area (TPSA) is 17.1 Å². The lowest BCUT2D eigenvalue weighted by molar-refractivity contribution is -0.107. The van der Waals surface area contributed by atoms with Gasteiger partial charge in [0.05, 0.1) is 0 Å². The maximum atomic E-state index is 12.6. The molecule has 0 saturated heterocycles. The molecule has 0 aliphatic carbocycles. The number of allylic oxidation sites excluding steroid dienone is 4. The number of benzene rings is 1. The lowest BCUT2D eigenvalue weighted by Crippen LogP contribution is -1.92. The summed E-state index contributed by atoms with van der Waals surface area (Å²) in [7, 11) is 0. The molecule has 90 valence electrons. The van der Waals surface area contributed by atoms with Crippen molar-refractivity contribution in [3.63, 3.8) is 0 Å². The predicted molar refractivity (Wildman–Crippen MR) is 65.0 cm³/mol. The quantitative estimate of drug-likeness (QED) is 0.563. The molecule has 0 aromatic heterocycles. The molecule has 0 amide bonds. The van der Waals surface area contributed by atoms with Crippen LogP contribution in [-0.4, -0.2) is 13.0 Å². The highest BCUT2D eigenvalue weighted by Gasteiger charge is 2.02. The van der Waals surface area contributed by atoms with Crippen LogP contribution in [-0.2, 0) is 11.2 Å². The average Bonchev–Trinajstić information content (AvgIpc) is 2.36. The number of carbonyl (C=O) groups is 1. The van der Waals surface area contributed by atoms with E-state index in [0.29, 0.717) is 6.42 Å². The highest BCUT2D eigenvalue weighted by molar-refractivity contribution is 5.71. The van der Waals surface area contributed by atoms with Crippen molar-refractivity contribution in [3.05, 3.63) is 53.4 Å². The Hall–Kier alpha value is -1.77. The van der Waals surface area contributed by atoms with Crippen molar-refractivity contribution in [1.29, 1.82) is 0 Å². The number of hydrogen-bond donors (Lipinski definition) is 0. The van der Waals surface area contributed by atoms with Gasteiger partial charge in [0.2, 0.25) is 0 Å². The third-order valence-corrected chi connectivity index (χ3v) is 2.39. The fraction of sp³-hybridized carbons (Fsp3) is 0.214. The van der Waals surface area contributed by atoms with Crippen LogP contribution in [0.5, 0.6) is 0 Å². The van der Waals surface area contributed by atoms with Crippen LogP contribution >= 0.6 is 0 Å². The van der Waals surface area contributed by atoms with E-state index in [4.69, 9.17) is 0 Å². The minimum Gasteiger partial charge on any atom is -0.303 e. The summed E-state index contributed by atoms with van der Waals surface area (Å²) < 4.78 is 24.6. The van der Waals surface area contributed by atoms with E-state index in [0.717, 1.165) is 29.1 Å². The molecule has 0 radical (unpaired) electrons. The van der Waals surface area contributed by atoms with Crippen LogP contribution in [0.25, 0.3) is 5.57 Å². The molecular weight excluding hydrogens is 222 g/mol. The van der Waals surface area contributed by atoms with Crippen molar-refractivity contribution in [3.8, 4) is 0 Å². The first-order valence-electron chi connectivity index (χ1n) is 5.30. The monoisotopic (exact) mass is 236 g/mol. The zero-order valence-electron chi connectivity index (χ0n) is 9.62. The van der Waals surface area contributed by atoms with E-state index in [1.807, 2.05) is 24.3 Å². The zero-order chi connectivity index (χ0) is 12.7. The molecule has 0 heterocycles. The van der Waals surface area contributed by atoms with Crippen LogP contribution in [0.2, 0.25) is 0 Å². The fourth-order valence-corrected chi connectivity index (χ4v) is 1.52. The summed E-state index contributed by atoms with van der Waals surface area (Å²) >= 11 is 0. The smallest absolute Gasteiger partial charge is 0.141 e. The van der Waals surface area contributed by atoms with Crippen molar-refractivity contribution in [2.45, 2.75) is 13.3 Å². The van der Waals surface area contributed by atoms with Crippen LogP contribution in [0, 0.1) is 0 Å². The van der Waals surface area contributed by atoms with Gasteiger partial charge in [-0.05, 0) is 29.7 Å². The second kappa shape index (κ2) is 6.74. The van der Waals surface area contributed by atoms with Gasteiger partial charge >= 0.3 is 0 Å². The Balaban J connectivity index is 3.02. The van der Waals surface area contributed by atoms with Crippen molar-refractivity contribution in [2.75, 3.05) is 6.67 Å². The molecule has 0 atom stereocenters. The summed E-state index contributed by atoms with van der Waals surface area (Å²) in [6.07, 6.45) is 3.76. The van der Waals surface area contributed by atoms with Gasteiger partial charge < -0.3 is 4.79 Å². The van der Waals surface area contributed by atoms with Gasteiger partial charge in [-0.1, -0.05) is 30.3 Å². The first-order chi connectivity index (χ1) is 8.19. The van der Waals surface area contributed by atoms with Crippen molar-refractivity contribution >= 4 is 11.9 Å². The van der Waals surface area contributed by atoms with E-state index >= 15 is 0 Å². The van der Waals surface area contributed by atoms with Crippen molar-refractivity contribution < 1.29 is 13.6 Å². The minimum atomic E-state index is -1.10. The molecule has 0 aliphatic heterocycles. The Bertz CT molecular complexity index is 447. The largest absolute Gasteiger partial charge is 0.303 e. The molecule has 0 spiro atoms. The third kappa shape index (κ3) is 3.94. The van der Waals surface area contributed by atoms with Gasteiger partial charge in [-0.3, -0.25) is 0 Å². The minimum absolute atomic E-state index is 0.316. The molecule has 0 aliphatic rings. The SMILES string of the molecule is C/C(=C\C=C(\F)CF)c1ccccc1CC=O. The van der Waals surface area contributed by atoms with Crippen molar-refractivity contribution in [2.24, 2.45) is 0 Å². The molecule has 1 aromatic carbocycles. The Morgan fingerprint density at radius 3 is 2.65 bits per heavy atom. The summed E-state index contributed by atoms with van der Waals surface area (Å²) in [5, 5.41) is 0. The van der Waals surface area contributed by atoms with Gasteiger partial charge in [0.15, 0.2) is 0 Å². The van der Waals surface area contributed by atoms with Crippen LogP contribution in [0.1, 0.15) is 18.1 Å². The first kappa shape index (κ1) is 13.3. The molecular formula is C14H14F2O. The number of halogens is 2. The predicted octanol–water partition coefficient (Wildman–Crippen LogP) is 3.65. The summed E-state index contributed by atoms with van der Waals surface area (Å²) in [5.41, 5.74) is 2.55. The Kier molecular flexibility index (Phi) is 5.27. The second-order valence-corrected chi connectivity index (χ2v) is 3.62. The number of rotatable bonds is 5. The van der Waals surface area contributed by atoms with Gasteiger partial charge in [0.25, 0.3) is 0 Å². The molecule has 0 bridgehead atoms. The maximum absolute atomic E-state index is 12.6. The summed E-state index contributed by atoms with van der Waals surface area (Å²) in [6.45, 7) is 0.700. The third-order valence-electron chi connectivity index (χ3n) is 2.39. The molecule has 0 unspecified atom stereocenters. The maximum Gasteiger partial charge on any atom is 0.141 e. The Morgan fingerprint density at radius 2 is 2.00 bits per heavy atom. The molecule has 17 heavy (non-hydrogen) atoms. The first-order valence-corrected chi connectivity index (χ1v) is 5.30. The molecule has 0 N–H and O–H groups in total. The molecule has 1 nitrogen and oxygen atoms in total. The molecule has 3 heteroatoms. The zero-order valence-corrected chi connectivity index (χ0v) is 9.62. The van der Waals surface area contributed by atoms with Crippen molar-refractivity contribution in [1.82, 2.24) is 0 Å². The van der Waals surface area contributed by atoms with Gasteiger partial charge in [-0.15, -0.1) is 0 Å².